The van der Waals surface area contributed by atoms with Crippen LogP contribution in [0.1, 0.15) is 36.8 Å². The summed E-state index contributed by atoms with van der Waals surface area (Å²) in [4.78, 5) is 4.05. The first kappa shape index (κ1) is 18.4. The fourth-order valence-electron chi connectivity index (χ4n) is 3.46. The maximum Gasteiger partial charge on any atom is 0.123 e. The third kappa shape index (κ3) is 5.05. The molecule has 0 aromatic heterocycles. The van der Waals surface area contributed by atoms with Crippen molar-refractivity contribution in [3.05, 3.63) is 59.4 Å². The number of aliphatic imine (C=N–C) groups is 1. The van der Waals surface area contributed by atoms with Gasteiger partial charge in [-0.3, -0.25) is 4.99 Å². The summed E-state index contributed by atoms with van der Waals surface area (Å²) in [6.07, 6.45) is 6.32. The quantitative estimate of drug-likeness (QED) is 0.543. The largest absolute Gasteiger partial charge is 0.398 e. The molecular formula is C21H27FN4. The van der Waals surface area contributed by atoms with Crippen molar-refractivity contribution in [3.63, 3.8) is 0 Å². The highest BCUT2D eigenvalue weighted by Crippen LogP contribution is 2.24. The average Bonchev–Trinajstić information content (AvgIpc) is 2.65. The zero-order chi connectivity index (χ0) is 18.4. The normalized spacial score (nSPS) is 20.4. The van der Waals surface area contributed by atoms with Crippen molar-refractivity contribution in [2.45, 2.75) is 44.3 Å². The monoisotopic (exact) mass is 354 g/mol. The fraction of sp³-hybridized carbons (Fsp3) is 0.381. The molecule has 4 N–H and O–H groups in total. The molecule has 138 valence electrons. The Balaban J connectivity index is 1.46. The van der Waals surface area contributed by atoms with Gasteiger partial charge in [0.15, 0.2) is 0 Å². The molecule has 0 bridgehead atoms. The minimum atomic E-state index is -0.184. The summed E-state index contributed by atoms with van der Waals surface area (Å²) in [5, 5.41) is 7.21. The number of rotatable bonds is 6. The maximum absolute atomic E-state index is 13.0. The molecule has 0 heterocycles. The molecule has 1 saturated carbocycles. The van der Waals surface area contributed by atoms with Crippen molar-refractivity contribution < 1.29 is 4.39 Å². The second kappa shape index (κ2) is 8.81. The van der Waals surface area contributed by atoms with Gasteiger partial charge in [0.2, 0.25) is 0 Å². The summed E-state index contributed by atoms with van der Waals surface area (Å²) in [5.74, 6) is -0.184. The number of halogens is 1. The Morgan fingerprint density at radius 3 is 2.46 bits per heavy atom. The van der Waals surface area contributed by atoms with Crippen LogP contribution in [0, 0.1) is 5.82 Å². The van der Waals surface area contributed by atoms with Gasteiger partial charge in [0.25, 0.3) is 0 Å². The second-order valence-electron chi connectivity index (χ2n) is 6.93. The van der Waals surface area contributed by atoms with E-state index in [1.165, 1.54) is 12.1 Å². The molecule has 0 unspecified atom stereocenters. The van der Waals surface area contributed by atoms with Crippen LogP contribution in [0.4, 0.5) is 15.8 Å². The Labute approximate surface area is 154 Å². The molecule has 1 fully saturated rings. The standard InChI is InChI=1S/C21H27FN4/c1-24-14-16-12-20(10-11-21(16)23)26-19-8-6-18(7-9-19)25-13-15-2-4-17(22)5-3-15/h2-5,10-12,14,18-19,25-26H,6-9,13,23H2,1H3. The zero-order valence-electron chi connectivity index (χ0n) is 15.2. The minimum absolute atomic E-state index is 0.184. The summed E-state index contributed by atoms with van der Waals surface area (Å²) >= 11 is 0. The van der Waals surface area contributed by atoms with Gasteiger partial charge in [-0.15, -0.1) is 0 Å². The Hall–Kier alpha value is -2.40. The predicted octanol–water partition coefficient (Wildman–Crippen LogP) is 3.97. The van der Waals surface area contributed by atoms with E-state index < -0.39 is 0 Å². The summed E-state index contributed by atoms with van der Waals surface area (Å²) in [6.45, 7) is 0.792. The molecule has 5 heteroatoms. The first-order valence-corrected chi connectivity index (χ1v) is 9.20. The van der Waals surface area contributed by atoms with Gasteiger partial charge >= 0.3 is 0 Å². The minimum Gasteiger partial charge on any atom is -0.398 e. The molecule has 2 aromatic carbocycles. The molecule has 0 amide bonds. The topological polar surface area (TPSA) is 62.4 Å². The molecule has 0 aliphatic heterocycles. The van der Waals surface area contributed by atoms with Gasteiger partial charge in [-0.2, -0.15) is 0 Å². The second-order valence-corrected chi connectivity index (χ2v) is 6.93. The van der Waals surface area contributed by atoms with Gasteiger partial charge in [-0.25, -0.2) is 4.39 Å². The van der Waals surface area contributed by atoms with Crippen molar-refractivity contribution in [3.8, 4) is 0 Å². The molecule has 3 rings (SSSR count). The summed E-state index contributed by atoms with van der Waals surface area (Å²) in [5.41, 5.74) is 9.88. The number of nitrogen functional groups attached to an aromatic ring is 1. The highest BCUT2D eigenvalue weighted by molar-refractivity contribution is 5.88. The van der Waals surface area contributed by atoms with Gasteiger partial charge in [0.1, 0.15) is 5.82 Å². The summed E-state index contributed by atoms with van der Waals surface area (Å²) < 4.78 is 13.0. The van der Waals surface area contributed by atoms with E-state index in [1.54, 1.807) is 13.3 Å². The molecular weight excluding hydrogens is 327 g/mol. The molecule has 0 spiro atoms. The maximum atomic E-state index is 13.0. The van der Waals surface area contributed by atoms with E-state index in [0.29, 0.717) is 12.1 Å². The van der Waals surface area contributed by atoms with Crippen molar-refractivity contribution in [2.75, 3.05) is 18.1 Å². The lowest BCUT2D eigenvalue weighted by molar-refractivity contribution is 0.353. The van der Waals surface area contributed by atoms with Gasteiger partial charge < -0.3 is 16.4 Å². The molecule has 4 nitrogen and oxygen atoms in total. The molecule has 0 radical (unpaired) electrons. The summed E-state index contributed by atoms with van der Waals surface area (Å²) in [7, 11) is 1.75. The summed E-state index contributed by atoms with van der Waals surface area (Å²) in [6, 6.07) is 13.7. The lowest BCUT2D eigenvalue weighted by Gasteiger charge is -2.30. The third-order valence-electron chi connectivity index (χ3n) is 4.96. The number of nitrogens with one attached hydrogen (secondary N) is 2. The van der Waals surface area contributed by atoms with Gasteiger partial charge in [-0.1, -0.05) is 12.1 Å². The van der Waals surface area contributed by atoms with Crippen molar-refractivity contribution >= 4 is 17.6 Å². The number of nitrogens with two attached hydrogens (primary N) is 1. The SMILES string of the molecule is CN=Cc1cc(NC2CCC(NCc3ccc(F)cc3)CC2)ccc1N. The van der Waals surface area contributed by atoms with Gasteiger partial charge in [-0.05, 0) is 61.6 Å². The molecule has 2 aromatic rings. The van der Waals surface area contributed by atoms with Crippen LogP contribution in [0.25, 0.3) is 0 Å². The average molecular weight is 354 g/mol. The van der Waals surface area contributed by atoms with E-state index in [9.17, 15) is 4.39 Å². The van der Waals surface area contributed by atoms with Crippen LogP contribution < -0.4 is 16.4 Å². The molecule has 1 aliphatic carbocycles. The van der Waals surface area contributed by atoms with Crippen LogP contribution in [0.3, 0.4) is 0 Å². The van der Waals surface area contributed by atoms with Crippen LogP contribution in [0.5, 0.6) is 0 Å². The Kier molecular flexibility index (Phi) is 6.23. The molecule has 0 atom stereocenters. The fourth-order valence-corrected chi connectivity index (χ4v) is 3.46. The van der Waals surface area contributed by atoms with Gasteiger partial charge in [0, 0.05) is 48.8 Å². The van der Waals surface area contributed by atoms with Crippen LogP contribution >= 0.6 is 0 Å². The lowest BCUT2D eigenvalue weighted by Crippen LogP contribution is -2.36. The van der Waals surface area contributed by atoms with Crippen LogP contribution in [0.2, 0.25) is 0 Å². The van der Waals surface area contributed by atoms with Crippen molar-refractivity contribution in [1.82, 2.24) is 5.32 Å². The van der Waals surface area contributed by atoms with Crippen LogP contribution in [-0.4, -0.2) is 25.3 Å². The number of hydrogen-bond donors (Lipinski definition) is 3. The Morgan fingerprint density at radius 2 is 1.77 bits per heavy atom. The van der Waals surface area contributed by atoms with E-state index in [1.807, 2.05) is 24.3 Å². The van der Waals surface area contributed by atoms with E-state index in [4.69, 9.17) is 5.73 Å². The first-order chi connectivity index (χ1) is 12.6. The van der Waals surface area contributed by atoms with E-state index in [0.717, 1.165) is 54.7 Å². The predicted molar refractivity (Wildman–Crippen MR) is 107 cm³/mol. The molecule has 0 saturated heterocycles. The molecule has 1 aliphatic rings. The number of nitrogens with zero attached hydrogens (tertiary/aromatic N) is 1. The van der Waals surface area contributed by atoms with Crippen LogP contribution in [-0.2, 0) is 6.54 Å². The Morgan fingerprint density at radius 1 is 1.08 bits per heavy atom. The number of benzene rings is 2. The highest BCUT2D eigenvalue weighted by atomic mass is 19.1. The van der Waals surface area contributed by atoms with Crippen molar-refractivity contribution in [1.29, 1.82) is 0 Å². The first-order valence-electron chi connectivity index (χ1n) is 9.20. The highest BCUT2D eigenvalue weighted by Gasteiger charge is 2.20. The smallest absolute Gasteiger partial charge is 0.123 e. The number of hydrogen-bond acceptors (Lipinski definition) is 4. The third-order valence-corrected chi connectivity index (χ3v) is 4.96. The van der Waals surface area contributed by atoms with Crippen molar-refractivity contribution in [2.24, 2.45) is 4.99 Å². The lowest BCUT2D eigenvalue weighted by atomic mass is 9.90. The van der Waals surface area contributed by atoms with E-state index in [-0.39, 0.29) is 5.82 Å². The van der Waals surface area contributed by atoms with E-state index in [2.05, 4.69) is 21.7 Å². The Bertz CT molecular complexity index is 734. The van der Waals surface area contributed by atoms with Crippen LogP contribution in [0.15, 0.2) is 47.5 Å². The van der Waals surface area contributed by atoms with E-state index >= 15 is 0 Å². The number of anilines is 2. The zero-order valence-corrected chi connectivity index (χ0v) is 15.2. The molecule has 26 heavy (non-hydrogen) atoms. The van der Waals surface area contributed by atoms with Gasteiger partial charge in [0.05, 0.1) is 0 Å².